The third-order valence-electron chi connectivity index (χ3n) is 4.92. The number of benzene rings is 2. The summed E-state index contributed by atoms with van der Waals surface area (Å²) in [6, 6.07) is 15.8. The predicted octanol–water partition coefficient (Wildman–Crippen LogP) is 4.80. The number of nitrogens with zero attached hydrogens (tertiary/aromatic N) is 3. The number of nitrogens with one attached hydrogen (secondary N) is 1. The highest BCUT2D eigenvalue weighted by Crippen LogP contribution is 2.29. The van der Waals surface area contributed by atoms with E-state index in [0.29, 0.717) is 5.56 Å². The molecule has 1 aromatic heterocycles. The van der Waals surface area contributed by atoms with Gasteiger partial charge in [-0.05, 0) is 56.2 Å². The molecule has 138 valence electrons. The van der Waals surface area contributed by atoms with Gasteiger partial charge in [0.1, 0.15) is 0 Å². The standard InChI is InChI=1S/C21H21BrN4O/c1-15-18(14-23-26(15)17-10-8-16(22)9-11-17)21(27)24-19-6-2-3-7-20(19)25-12-4-5-13-25/h2-3,6-11,14H,4-5,12-13H2,1H3,(H,24,27). The van der Waals surface area contributed by atoms with Crippen LogP contribution in [0.1, 0.15) is 28.9 Å². The van der Waals surface area contributed by atoms with Crippen molar-refractivity contribution in [3.8, 4) is 5.69 Å². The van der Waals surface area contributed by atoms with Gasteiger partial charge in [-0.2, -0.15) is 5.10 Å². The van der Waals surface area contributed by atoms with Gasteiger partial charge in [0.25, 0.3) is 5.91 Å². The van der Waals surface area contributed by atoms with Crippen molar-refractivity contribution < 1.29 is 4.79 Å². The van der Waals surface area contributed by atoms with Crippen LogP contribution in [-0.4, -0.2) is 28.8 Å². The Balaban J connectivity index is 1.59. The first-order valence-electron chi connectivity index (χ1n) is 9.09. The van der Waals surface area contributed by atoms with Crippen LogP contribution < -0.4 is 10.2 Å². The van der Waals surface area contributed by atoms with Crippen molar-refractivity contribution in [2.24, 2.45) is 0 Å². The number of para-hydroxylation sites is 2. The van der Waals surface area contributed by atoms with Crippen molar-refractivity contribution in [2.75, 3.05) is 23.3 Å². The maximum Gasteiger partial charge on any atom is 0.259 e. The third-order valence-corrected chi connectivity index (χ3v) is 5.45. The molecular formula is C21H21BrN4O. The maximum atomic E-state index is 12.9. The second kappa shape index (κ2) is 7.56. The summed E-state index contributed by atoms with van der Waals surface area (Å²) in [7, 11) is 0. The predicted molar refractivity (Wildman–Crippen MR) is 112 cm³/mol. The Hall–Kier alpha value is -2.60. The molecule has 2 heterocycles. The smallest absolute Gasteiger partial charge is 0.259 e. The second-order valence-corrected chi connectivity index (χ2v) is 7.61. The molecule has 0 atom stereocenters. The Morgan fingerprint density at radius 1 is 1.07 bits per heavy atom. The van der Waals surface area contributed by atoms with Gasteiger partial charge in [0.15, 0.2) is 0 Å². The van der Waals surface area contributed by atoms with Gasteiger partial charge in [-0.1, -0.05) is 28.1 Å². The minimum atomic E-state index is -0.137. The van der Waals surface area contributed by atoms with Gasteiger partial charge in [-0.25, -0.2) is 4.68 Å². The van der Waals surface area contributed by atoms with Crippen LogP contribution in [0.2, 0.25) is 0 Å². The first-order chi connectivity index (χ1) is 13.1. The van der Waals surface area contributed by atoms with E-state index in [9.17, 15) is 4.79 Å². The molecule has 1 saturated heterocycles. The Morgan fingerprint density at radius 2 is 1.78 bits per heavy atom. The molecule has 27 heavy (non-hydrogen) atoms. The largest absolute Gasteiger partial charge is 0.370 e. The van der Waals surface area contributed by atoms with Crippen molar-refractivity contribution >= 4 is 33.2 Å². The van der Waals surface area contributed by atoms with E-state index in [0.717, 1.165) is 40.3 Å². The van der Waals surface area contributed by atoms with Gasteiger partial charge < -0.3 is 10.2 Å². The minimum absolute atomic E-state index is 0.137. The van der Waals surface area contributed by atoms with Crippen molar-refractivity contribution in [3.05, 3.63) is 70.5 Å². The normalized spacial score (nSPS) is 13.8. The molecule has 1 aliphatic heterocycles. The summed E-state index contributed by atoms with van der Waals surface area (Å²) in [6.07, 6.45) is 4.02. The molecule has 5 nitrogen and oxygen atoms in total. The fraction of sp³-hybridized carbons (Fsp3) is 0.238. The van der Waals surface area contributed by atoms with E-state index < -0.39 is 0 Å². The Kier molecular flexibility index (Phi) is 4.99. The summed E-state index contributed by atoms with van der Waals surface area (Å²) < 4.78 is 2.79. The van der Waals surface area contributed by atoms with Gasteiger partial charge in [-0.3, -0.25) is 4.79 Å². The van der Waals surface area contributed by atoms with Gasteiger partial charge >= 0.3 is 0 Å². The molecule has 3 aromatic rings. The van der Waals surface area contributed by atoms with Crippen LogP contribution in [0.4, 0.5) is 11.4 Å². The van der Waals surface area contributed by atoms with Crippen LogP contribution in [0.3, 0.4) is 0 Å². The summed E-state index contributed by atoms with van der Waals surface area (Å²) >= 11 is 3.44. The summed E-state index contributed by atoms with van der Waals surface area (Å²) in [5, 5.41) is 7.49. The lowest BCUT2D eigenvalue weighted by Crippen LogP contribution is -2.21. The lowest BCUT2D eigenvalue weighted by Gasteiger charge is -2.21. The number of aromatic nitrogens is 2. The molecule has 0 spiro atoms. The molecule has 0 radical (unpaired) electrons. The summed E-state index contributed by atoms with van der Waals surface area (Å²) in [6.45, 7) is 3.98. The van der Waals surface area contributed by atoms with Crippen LogP contribution in [0, 0.1) is 6.92 Å². The highest BCUT2D eigenvalue weighted by atomic mass is 79.9. The van der Waals surface area contributed by atoms with Crippen LogP contribution in [0.25, 0.3) is 5.69 Å². The summed E-state index contributed by atoms with van der Waals surface area (Å²) in [4.78, 5) is 15.2. The van der Waals surface area contributed by atoms with Gasteiger partial charge in [0.05, 0.1) is 34.5 Å². The molecule has 4 rings (SSSR count). The highest BCUT2D eigenvalue weighted by molar-refractivity contribution is 9.10. The third kappa shape index (κ3) is 3.62. The van der Waals surface area contributed by atoms with Crippen LogP contribution in [0.15, 0.2) is 59.2 Å². The van der Waals surface area contributed by atoms with Gasteiger partial charge in [-0.15, -0.1) is 0 Å². The van der Waals surface area contributed by atoms with Crippen molar-refractivity contribution in [3.63, 3.8) is 0 Å². The molecule has 1 amide bonds. The first kappa shape index (κ1) is 17.8. The minimum Gasteiger partial charge on any atom is -0.370 e. The Labute approximate surface area is 167 Å². The van der Waals surface area contributed by atoms with Crippen molar-refractivity contribution in [2.45, 2.75) is 19.8 Å². The lowest BCUT2D eigenvalue weighted by atomic mass is 10.2. The fourth-order valence-corrected chi connectivity index (χ4v) is 3.74. The van der Waals surface area contributed by atoms with Gasteiger partial charge in [0, 0.05) is 17.6 Å². The van der Waals surface area contributed by atoms with E-state index >= 15 is 0 Å². The molecule has 0 unspecified atom stereocenters. The number of amides is 1. The van der Waals surface area contributed by atoms with E-state index in [1.807, 2.05) is 49.4 Å². The average molecular weight is 425 g/mol. The number of carbonyl (C=O) groups excluding carboxylic acids is 1. The lowest BCUT2D eigenvalue weighted by molar-refractivity contribution is 0.102. The van der Waals surface area contributed by atoms with E-state index in [1.54, 1.807) is 10.9 Å². The van der Waals surface area contributed by atoms with E-state index in [2.05, 4.69) is 37.3 Å². The molecule has 0 aliphatic carbocycles. The molecule has 0 bridgehead atoms. The van der Waals surface area contributed by atoms with Crippen LogP contribution >= 0.6 is 15.9 Å². The number of hydrogen-bond acceptors (Lipinski definition) is 3. The highest BCUT2D eigenvalue weighted by Gasteiger charge is 2.19. The summed E-state index contributed by atoms with van der Waals surface area (Å²) in [5.74, 6) is -0.137. The quantitative estimate of drug-likeness (QED) is 0.654. The number of anilines is 2. The molecule has 6 heteroatoms. The maximum absolute atomic E-state index is 12.9. The van der Waals surface area contributed by atoms with E-state index in [1.165, 1.54) is 12.8 Å². The Morgan fingerprint density at radius 3 is 2.52 bits per heavy atom. The SMILES string of the molecule is Cc1c(C(=O)Nc2ccccc2N2CCCC2)cnn1-c1ccc(Br)cc1. The van der Waals surface area contributed by atoms with Crippen molar-refractivity contribution in [1.82, 2.24) is 9.78 Å². The number of carbonyl (C=O) groups is 1. The zero-order valence-corrected chi connectivity index (χ0v) is 16.7. The van der Waals surface area contributed by atoms with Gasteiger partial charge in [0.2, 0.25) is 0 Å². The number of halogens is 1. The summed E-state index contributed by atoms with van der Waals surface area (Å²) in [5.41, 5.74) is 4.25. The van der Waals surface area contributed by atoms with Crippen LogP contribution in [0.5, 0.6) is 0 Å². The molecule has 1 aliphatic rings. The van der Waals surface area contributed by atoms with E-state index in [4.69, 9.17) is 0 Å². The van der Waals surface area contributed by atoms with Crippen molar-refractivity contribution in [1.29, 1.82) is 0 Å². The number of hydrogen-bond donors (Lipinski definition) is 1. The molecule has 1 N–H and O–H groups in total. The monoisotopic (exact) mass is 424 g/mol. The zero-order valence-electron chi connectivity index (χ0n) is 15.2. The molecule has 1 fully saturated rings. The molecule has 2 aromatic carbocycles. The molecule has 0 saturated carbocycles. The average Bonchev–Trinajstić information content (AvgIpc) is 3.33. The second-order valence-electron chi connectivity index (χ2n) is 6.70. The Bertz CT molecular complexity index is 959. The fourth-order valence-electron chi connectivity index (χ4n) is 3.48. The molecular weight excluding hydrogens is 404 g/mol. The van der Waals surface area contributed by atoms with E-state index in [-0.39, 0.29) is 5.91 Å². The topological polar surface area (TPSA) is 50.2 Å². The van der Waals surface area contributed by atoms with Crippen LogP contribution in [-0.2, 0) is 0 Å². The number of rotatable bonds is 4. The first-order valence-corrected chi connectivity index (χ1v) is 9.88. The zero-order chi connectivity index (χ0) is 18.8.